The molecule has 5 nitrogen and oxygen atoms in total. The Morgan fingerprint density at radius 2 is 2.19 bits per heavy atom. The van der Waals surface area contributed by atoms with E-state index < -0.39 is 10.8 Å². The number of hydrogen-bond donors (Lipinski definition) is 1. The summed E-state index contributed by atoms with van der Waals surface area (Å²) in [5, 5.41) is 2.57. The zero-order valence-corrected chi connectivity index (χ0v) is 10.5. The summed E-state index contributed by atoms with van der Waals surface area (Å²) in [5.74, 6) is 0.440. The van der Waals surface area contributed by atoms with Gasteiger partial charge in [0, 0.05) is 29.4 Å². The lowest BCUT2D eigenvalue weighted by Crippen LogP contribution is -2.58. The van der Waals surface area contributed by atoms with Gasteiger partial charge in [-0.15, -0.1) is 0 Å². The average Bonchev–Trinajstić information content (AvgIpc) is 2.23. The smallest absolute Gasteiger partial charge is 0.243 e. The Balaban J connectivity index is 2.55. The Morgan fingerprint density at radius 1 is 1.50 bits per heavy atom. The highest BCUT2D eigenvalue weighted by atomic mass is 32.2. The molecule has 2 atom stereocenters. The van der Waals surface area contributed by atoms with E-state index in [4.69, 9.17) is 0 Å². The van der Waals surface area contributed by atoms with Crippen molar-refractivity contribution >= 4 is 22.6 Å². The number of nitrogens with one attached hydrogen (secondary N) is 1. The van der Waals surface area contributed by atoms with Crippen LogP contribution in [0.3, 0.4) is 0 Å². The third kappa shape index (κ3) is 3.30. The van der Waals surface area contributed by atoms with Crippen molar-refractivity contribution in [2.75, 3.05) is 25.1 Å². The van der Waals surface area contributed by atoms with E-state index in [1.807, 2.05) is 6.92 Å². The maximum absolute atomic E-state index is 11.6. The molecule has 1 aliphatic rings. The van der Waals surface area contributed by atoms with Gasteiger partial charge in [-0.25, -0.2) is 0 Å². The largest absolute Gasteiger partial charge is 0.345 e. The van der Waals surface area contributed by atoms with Gasteiger partial charge in [0.25, 0.3) is 0 Å². The summed E-state index contributed by atoms with van der Waals surface area (Å²) in [6.07, 6.45) is 2.94. The Morgan fingerprint density at radius 3 is 2.75 bits per heavy atom. The minimum atomic E-state index is -0.842. The fourth-order valence-corrected chi connectivity index (χ4v) is 2.36. The predicted molar refractivity (Wildman–Crippen MR) is 62.4 cm³/mol. The molecule has 0 aliphatic carbocycles. The number of hydrogen-bond acceptors (Lipinski definition) is 3. The molecule has 1 N–H and O–H groups in total. The molecule has 1 rings (SSSR count). The lowest BCUT2D eigenvalue weighted by atomic mass is 10.1. The number of piperazine rings is 1. The second-order valence-electron chi connectivity index (χ2n) is 3.86. The van der Waals surface area contributed by atoms with E-state index in [0.29, 0.717) is 25.1 Å². The minimum Gasteiger partial charge on any atom is -0.345 e. The molecule has 16 heavy (non-hydrogen) atoms. The first-order valence-electron chi connectivity index (χ1n) is 5.43. The fraction of sp³-hybridized carbons (Fsp3) is 0.800. The van der Waals surface area contributed by atoms with Crippen molar-refractivity contribution in [2.24, 2.45) is 0 Å². The number of rotatable bonds is 5. The number of carbonyl (C=O) groups is 2. The summed E-state index contributed by atoms with van der Waals surface area (Å²) >= 11 is 0. The van der Waals surface area contributed by atoms with Crippen LogP contribution in [0.4, 0.5) is 0 Å². The van der Waals surface area contributed by atoms with Crippen LogP contribution in [0.1, 0.15) is 19.8 Å². The van der Waals surface area contributed by atoms with Gasteiger partial charge in [-0.3, -0.25) is 13.8 Å². The maximum atomic E-state index is 11.6. The molecule has 6 heteroatoms. The summed E-state index contributed by atoms with van der Waals surface area (Å²) in [5.41, 5.74) is 0. The van der Waals surface area contributed by atoms with Crippen molar-refractivity contribution < 1.29 is 13.8 Å². The SMILES string of the molecule is CCC1C(=O)NCC(=O)N1CCCS(C)=O. The van der Waals surface area contributed by atoms with E-state index in [9.17, 15) is 13.8 Å². The zero-order chi connectivity index (χ0) is 12.1. The Hall–Kier alpha value is -0.910. The zero-order valence-electron chi connectivity index (χ0n) is 9.69. The van der Waals surface area contributed by atoms with Crippen molar-refractivity contribution in [1.29, 1.82) is 0 Å². The highest BCUT2D eigenvalue weighted by Gasteiger charge is 2.32. The molecule has 0 spiro atoms. The van der Waals surface area contributed by atoms with Gasteiger partial charge in [0.2, 0.25) is 11.8 Å². The van der Waals surface area contributed by atoms with Gasteiger partial charge >= 0.3 is 0 Å². The lowest BCUT2D eigenvalue weighted by molar-refractivity contribution is -0.145. The van der Waals surface area contributed by atoms with Crippen LogP contribution in [0.25, 0.3) is 0 Å². The Kier molecular flexibility index (Phi) is 4.92. The first-order valence-corrected chi connectivity index (χ1v) is 7.16. The summed E-state index contributed by atoms with van der Waals surface area (Å²) in [6.45, 7) is 2.49. The van der Waals surface area contributed by atoms with Gasteiger partial charge in [0.05, 0.1) is 6.54 Å². The van der Waals surface area contributed by atoms with Crippen molar-refractivity contribution in [2.45, 2.75) is 25.8 Å². The van der Waals surface area contributed by atoms with Gasteiger partial charge in [-0.1, -0.05) is 6.92 Å². The highest BCUT2D eigenvalue weighted by molar-refractivity contribution is 7.84. The second kappa shape index (κ2) is 5.98. The van der Waals surface area contributed by atoms with Gasteiger partial charge in [-0.2, -0.15) is 0 Å². The number of nitrogens with zero attached hydrogens (tertiary/aromatic N) is 1. The Labute approximate surface area is 98.0 Å². The molecule has 0 aromatic rings. The molecule has 0 aromatic heterocycles. The van der Waals surface area contributed by atoms with E-state index in [1.54, 1.807) is 11.2 Å². The molecular formula is C10H18N2O3S. The summed E-state index contributed by atoms with van der Waals surface area (Å²) in [4.78, 5) is 24.7. The van der Waals surface area contributed by atoms with E-state index in [-0.39, 0.29) is 24.4 Å². The minimum absolute atomic E-state index is 0.0478. The standard InChI is InChI=1S/C10H18N2O3S/c1-3-8-10(14)11-7-9(13)12(8)5-4-6-16(2)15/h8H,3-7H2,1-2H3,(H,11,14). The molecule has 1 saturated heterocycles. The van der Waals surface area contributed by atoms with Gasteiger partial charge in [0.15, 0.2) is 0 Å². The molecule has 0 saturated carbocycles. The van der Waals surface area contributed by atoms with Crippen molar-refractivity contribution in [3.05, 3.63) is 0 Å². The molecule has 0 radical (unpaired) electrons. The maximum Gasteiger partial charge on any atom is 0.243 e. The summed E-state index contributed by atoms with van der Waals surface area (Å²) in [7, 11) is -0.842. The van der Waals surface area contributed by atoms with E-state index in [0.717, 1.165) is 0 Å². The molecule has 2 amide bonds. The van der Waals surface area contributed by atoms with E-state index in [1.165, 1.54) is 0 Å². The molecule has 92 valence electrons. The molecular weight excluding hydrogens is 228 g/mol. The molecule has 1 fully saturated rings. The van der Waals surface area contributed by atoms with Crippen LogP contribution in [-0.4, -0.2) is 52.1 Å². The highest BCUT2D eigenvalue weighted by Crippen LogP contribution is 2.10. The van der Waals surface area contributed by atoms with Crippen LogP contribution in [0.5, 0.6) is 0 Å². The molecule has 2 unspecified atom stereocenters. The molecule has 1 heterocycles. The van der Waals surface area contributed by atoms with Crippen LogP contribution in [0, 0.1) is 0 Å². The van der Waals surface area contributed by atoms with Crippen LogP contribution >= 0.6 is 0 Å². The normalized spacial score (nSPS) is 23.1. The lowest BCUT2D eigenvalue weighted by Gasteiger charge is -2.34. The summed E-state index contributed by atoms with van der Waals surface area (Å²) < 4.78 is 10.9. The van der Waals surface area contributed by atoms with Crippen LogP contribution in [-0.2, 0) is 20.4 Å². The van der Waals surface area contributed by atoms with Crippen molar-refractivity contribution in [3.8, 4) is 0 Å². The van der Waals surface area contributed by atoms with E-state index >= 15 is 0 Å². The topological polar surface area (TPSA) is 66.5 Å². The number of carbonyl (C=O) groups excluding carboxylic acids is 2. The number of amides is 2. The molecule has 0 aromatic carbocycles. The predicted octanol–water partition coefficient (Wildman–Crippen LogP) is -0.508. The quantitative estimate of drug-likeness (QED) is 0.710. The van der Waals surface area contributed by atoms with Crippen LogP contribution < -0.4 is 5.32 Å². The third-order valence-corrected chi connectivity index (χ3v) is 3.49. The van der Waals surface area contributed by atoms with Crippen molar-refractivity contribution in [3.63, 3.8) is 0 Å². The summed E-state index contributed by atoms with van der Waals surface area (Å²) in [6, 6.07) is -0.355. The molecule has 0 bridgehead atoms. The van der Waals surface area contributed by atoms with Gasteiger partial charge in [0.1, 0.15) is 6.04 Å². The Bertz CT molecular complexity index is 306. The second-order valence-corrected chi connectivity index (χ2v) is 5.41. The van der Waals surface area contributed by atoms with Gasteiger partial charge in [-0.05, 0) is 12.8 Å². The van der Waals surface area contributed by atoms with E-state index in [2.05, 4.69) is 5.32 Å². The average molecular weight is 246 g/mol. The fourth-order valence-electron chi connectivity index (χ4n) is 1.82. The monoisotopic (exact) mass is 246 g/mol. The first-order chi connectivity index (χ1) is 7.56. The molecule has 1 aliphatic heterocycles. The van der Waals surface area contributed by atoms with Crippen LogP contribution in [0.2, 0.25) is 0 Å². The van der Waals surface area contributed by atoms with Gasteiger partial charge < -0.3 is 10.2 Å². The first kappa shape index (κ1) is 13.2. The van der Waals surface area contributed by atoms with Crippen LogP contribution in [0.15, 0.2) is 0 Å². The third-order valence-electron chi connectivity index (χ3n) is 2.63. The van der Waals surface area contributed by atoms with Crippen molar-refractivity contribution in [1.82, 2.24) is 10.2 Å².